The number of aliphatic hydroxyl groups is 9. The molecule has 0 saturated carbocycles. The zero-order chi connectivity index (χ0) is 62.3. The maximum absolute atomic E-state index is 14.0. The lowest BCUT2D eigenvalue weighted by Gasteiger charge is -2.40. The van der Waals surface area contributed by atoms with Gasteiger partial charge in [-0.25, -0.2) is 4.79 Å². The summed E-state index contributed by atoms with van der Waals surface area (Å²) in [5.41, 5.74) is -0.477. The molecule has 0 radical (unpaired) electrons. The largest absolute Gasteiger partial charge is 0.510 e. The molecule has 3 fully saturated rings. The summed E-state index contributed by atoms with van der Waals surface area (Å²) in [6.45, 7) is -2.23. The zero-order valence-corrected chi connectivity index (χ0v) is 45.0. The number of methoxy groups -OCH3 is 2. The van der Waals surface area contributed by atoms with Gasteiger partial charge < -0.3 is 128 Å². The molecular formula is C56H59O30+. The summed E-state index contributed by atoms with van der Waals surface area (Å²) >= 11 is 0. The Bertz CT molecular complexity index is 3320. The second-order valence-corrected chi connectivity index (χ2v) is 19.4. The van der Waals surface area contributed by atoms with Gasteiger partial charge in [-0.2, -0.15) is 0 Å². The number of aromatic hydroxyl groups is 3. The van der Waals surface area contributed by atoms with E-state index in [4.69, 9.17) is 61.6 Å². The van der Waals surface area contributed by atoms with E-state index in [1.54, 1.807) is 0 Å². The van der Waals surface area contributed by atoms with E-state index in [9.17, 15) is 85.3 Å². The first-order chi connectivity index (χ1) is 40.9. The predicted octanol–water partition coefficient (Wildman–Crippen LogP) is -1.39. The normalized spacial score (nSPS) is 27.5. The molecule has 0 bridgehead atoms. The van der Waals surface area contributed by atoms with Crippen molar-refractivity contribution in [1.82, 2.24) is 0 Å². The highest BCUT2D eigenvalue weighted by Crippen LogP contribution is 2.43. The number of hydrogen-bond acceptors (Lipinski definition) is 28. The highest BCUT2D eigenvalue weighted by Gasteiger charge is 2.49. The van der Waals surface area contributed by atoms with Crippen molar-refractivity contribution in [2.24, 2.45) is 0 Å². The quantitative estimate of drug-likeness (QED) is 0.0132. The second-order valence-electron chi connectivity index (χ2n) is 19.4. The van der Waals surface area contributed by atoms with Crippen LogP contribution in [0.5, 0.6) is 46.0 Å². The molecule has 14 N–H and O–H groups in total. The van der Waals surface area contributed by atoms with E-state index in [1.807, 2.05) is 0 Å². The van der Waals surface area contributed by atoms with Crippen LogP contribution in [0.4, 0.5) is 0 Å². The second kappa shape index (κ2) is 27.6. The number of aliphatic carboxylic acids is 1. The molecule has 462 valence electrons. The van der Waals surface area contributed by atoms with Crippen LogP contribution in [-0.4, -0.2) is 221 Å². The predicted molar refractivity (Wildman–Crippen MR) is 285 cm³/mol. The summed E-state index contributed by atoms with van der Waals surface area (Å²) in [6.07, 6.45) is -24.6. The molecule has 8 rings (SSSR count). The molecule has 0 unspecified atom stereocenters. The van der Waals surface area contributed by atoms with Crippen molar-refractivity contribution >= 4 is 36.0 Å². The fourth-order valence-electron chi connectivity index (χ4n) is 8.81. The molecule has 30 nitrogen and oxygen atoms in total. The van der Waals surface area contributed by atoms with Crippen molar-refractivity contribution in [3.8, 4) is 68.6 Å². The lowest BCUT2D eigenvalue weighted by molar-refractivity contribution is -0.278. The van der Waals surface area contributed by atoms with Crippen molar-refractivity contribution in [2.75, 3.05) is 34.0 Å². The number of esters is 3. The third kappa shape index (κ3) is 14.9. The average molecular weight is 1210 g/mol. The van der Waals surface area contributed by atoms with E-state index in [2.05, 4.69) is 0 Å². The van der Waals surface area contributed by atoms with Crippen LogP contribution >= 0.6 is 0 Å². The third-order valence-electron chi connectivity index (χ3n) is 13.5. The van der Waals surface area contributed by atoms with Gasteiger partial charge in [0.25, 0.3) is 0 Å². The Kier molecular flexibility index (Phi) is 20.3. The summed E-state index contributed by atoms with van der Waals surface area (Å²) in [5.74, 6) is -7.36. The molecule has 1 aliphatic carbocycles. The molecule has 0 spiro atoms. The number of rotatable bonds is 21. The number of ether oxygens (including phenoxy) is 11. The van der Waals surface area contributed by atoms with Gasteiger partial charge in [0.15, 0.2) is 57.5 Å². The molecule has 15 atom stereocenters. The molecule has 86 heavy (non-hydrogen) atoms. The standard InChI is InChI=1S/C56H58O30/c1-75-33-13-23(3-8-28(33)57)5-11-41(63)77-20-37-44(66)47(69)50(72)54(84-37)80-26-16-31(60)27-18-36(83-56-52(74)49(71)46(68)39(86-56)22-79-43(65)19-40(61)62)53(81-32(27)17-26)25-7-10-30(59)35(15-25)82-55-51(73)48(70)45(67)38(85-55)21-78-42(64)12-6-24-4-9-29(58)34(14-24)76-2/h3-18,37-39,44-52,54-59,66-74H,19-22H2,1-2H3,(H,61,62)/p+1/t37-,38+,39-,44-,45-,46-,47-,48-,49-,50+,51+,52-,54+,55+,56+/m0/s1. The van der Waals surface area contributed by atoms with Crippen molar-refractivity contribution in [1.29, 1.82) is 0 Å². The van der Waals surface area contributed by atoms with Crippen LogP contribution in [0.15, 0.2) is 94.2 Å². The summed E-state index contributed by atoms with van der Waals surface area (Å²) in [7, 11) is 2.66. The van der Waals surface area contributed by atoms with E-state index >= 15 is 0 Å². The van der Waals surface area contributed by atoms with Crippen molar-refractivity contribution in [3.05, 3.63) is 106 Å². The van der Waals surface area contributed by atoms with Crippen LogP contribution < -0.4 is 29.1 Å². The van der Waals surface area contributed by atoms with Crippen molar-refractivity contribution < 1.29 is 142 Å². The SMILES string of the molecule is COc1cc(C=CC(=O)OC[C@H]2O[C@@H](Oc3cc(-c4oc5cc(O[C@@H]6O[C@@H](COC(=[OH+])C=Cc7ccc(O)c(OC)c7)[C@H](O)[C@H](O)[C@H]6O)cc(=O)c-5cc4O[C@@H]4O[C@@H](COC(=O)CC(=O)O)[C@H](O)[C@H](O)[C@@H]4O)ccc3O)[C@H](O)[C@@H](O)[C@H]2O)ccc1O. The number of carboxylic acids is 1. The Morgan fingerprint density at radius 2 is 1.01 bits per heavy atom. The minimum Gasteiger partial charge on any atom is -0.504 e. The summed E-state index contributed by atoms with van der Waals surface area (Å²) in [6, 6.07) is 14.8. The molecule has 30 heteroatoms. The maximum Gasteiger partial charge on any atom is 0.510 e. The van der Waals surface area contributed by atoms with Gasteiger partial charge in [0.05, 0.1) is 25.9 Å². The Labute approximate surface area is 484 Å². The van der Waals surface area contributed by atoms with Crippen LogP contribution in [0.2, 0.25) is 0 Å². The molecule has 5 aliphatic rings. The number of hydrogen-bond donors (Lipinski definition) is 13. The number of aliphatic hydroxyl groups excluding tert-OH is 9. The van der Waals surface area contributed by atoms with Gasteiger partial charge in [-0.05, 0) is 71.8 Å². The molecule has 0 amide bonds. The third-order valence-corrected chi connectivity index (χ3v) is 13.5. The highest BCUT2D eigenvalue weighted by molar-refractivity contribution is 5.90. The van der Waals surface area contributed by atoms with Gasteiger partial charge >= 0.3 is 23.9 Å². The van der Waals surface area contributed by atoms with E-state index in [1.165, 1.54) is 68.8 Å². The summed E-state index contributed by atoms with van der Waals surface area (Å²) < 4.78 is 66.6. The van der Waals surface area contributed by atoms with Crippen LogP contribution in [0, 0.1) is 0 Å². The van der Waals surface area contributed by atoms with Gasteiger partial charge in [-0.15, -0.1) is 0 Å². The lowest BCUT2D eigenvalue weighted by Crippen LogP contribution is -2.60. The van der Waals surface area contributed by atoms with Crippen LogP contribution in [0.1, 0.15) is 17.5 Å². The van der Waals surface area contributed by atoms with Crippen LogP contribution in [0.3, 0.4) is 0 Å². The smallest absolute Gasteiger partial charge is 0.504 e. The van der Waals surface area contributed by atoms with Crippen molar-refractivity contribution in [3.63, 3.8) is 0 Å². The summed E-state index contributed by atoms with van der Waals surface area (Å²) in [4.78, 5) is 60.3. The summed E-state index contributed by atoms with van der Waals surface area (Å²) in [5, 5.41) is 138. The fraction of sp³-hybridized carbons (Fsp3) is 0.375. The monoisotopic (exact) mass is 1210 g/mol. The molecule has 4 heterocycles. The number of fused-ring (bicyclic) bond motifs is 1. The molecule has 4 aliphatic heterocycles. The van der Waals surface area contributed by atoms with Gasteiger partial charge in [0, 0.05) is 23.8 Å². The Morgan fingerprint density at radius 3 is 1.55 bits per heavy atom. The zero-order valence-electron chi connectivity index (χ0n) is 45.0. The number of carboxylic acid groups (broad SMARTS) is 1. The van der Waals surface area contributed by atoms with Crippen LogP contribution in [0.25, 0.3) is 34.8 Å². The molecular weight excluding hydrogens is 1150 g/mol. The van der Waals surface area contributed by atoms with Crippen LogP contribution in [-0.2, 0) is 42.8 Å². The topological polar surface area (TPSA) is 467 Å². The Hall–Kier alpha value is -8.63. The number of phenolic OH excluding ortho intramolecular Hbond substituents is 3. The molecule has 3 aromatic carbocycles. The van der Waals surface area contributed by atoms with Crippen molar-refractivity contribution in [2.45, 2.75) is 98.5 Å². The number of carbonyl (C=O) groups is 3. The molecule has 0 aromatic heterocycles. The first-order valence-corrected chi connectivity index (χ1v) is 25.8. The van der Waals surface area contributed by atoms with Gasteiger partial charge in [0.2, 0.25) is 25.5 Å². The average Bonchev–Trinajstić information content (AvgIpc) is 1.38. The van der Waals surface area contributed by atoms with E-state index in [0.29, 0.717) is 11.1 Å². The fourth-order valence-corrected chi connectivity index (χ4v) is 8.81. The van der Waals surface area contributed by atoms with Gasteiger partial charge in [0.1, 0.15) is 98.3 Å². The number of benzene rings is 4. The molecule has 3 aromatic rings. The maximum atomic E-state index is 14.0. The molecule has 3 saturated heterocycles. The van der Waals surface area contributed by atoms with Gasteiger partial charge in [-0.1, -0.05) is 12.1 Å². The first kappa shape index (κ1) is 63.4. The van der Waals surface area contributed by atoms with Gasteiger partial charge in [-0.3, -0.25) is 14.4 Å². The number of phenols is 3. The highest BCUT2D eigenvalue weighted by atomic mass is 16.7. The lowest BCUT2D eigenvalue weighted by atomic mass is 9.99. The Morgan fingerprint density at radius 1 is 0.535 bits per heavy atom. The van der Waals surface area contributed by atoms with E-state index in [0.717, 1.165) is 42.5 Å². The van der Waals surface area contributed by atoms with E-state index in [-0.39, 0.29) is 39.9 Å². The number of carbonyl (C=O) groups excluding carboxylic acids is 3. The minimum absolute atomic E-state index is 0.120. The van der Waals surface area contributed by atoms with E-state index < -0.39 is 176 Å². The Balaban J connectivity index is 1.06. The minimum atomic E-state index is -2.11. The first-order valence-electron chi connectivity index (χ1n) is 25.8.